The third-order valence-electron chi connectivity index (χ3n) is 8.62. The molecule has 6 aromatic rings. The van der Waals surface area contributed by atoms with E-state index in [1.165, 1.54) is 11.1 Å². The summed E-state index contributed by atoms with van der Waals surface area (Å²) in [5, 5.41) is 7.80. The van der Waals surface area contributed by atoms with Gasteiger partial charge in [-0.25, -0.2) is 9.97 Å². The van der Waals surface area contributed by atoms with Crippen LogP contribution in [0, 0.1) is 0 Å². The molecule has 0 bridgehead atoms. The van der Waals surface area contributed by atoms with Crippen LogP contribution in [-0.2, 0) is 32.5 Å². The lowest BCUT2D eigenvalue weighted by atomic mass is 9.87. The van der Waals surface area contributed by atoms with Crippen LogP contribution < -0.4 is 0 Å². The van der Waals surface area contributed by atoms with Crippen molar-refractivity contribution in [3.63, 3.8) is 0 Å². The van der Waals surface area contributed by atoms with E-state index in [1.807, 2.05) is 106 Å². The number of hydrogen-bond donors (Lipinski definition) is 0. The Morgan fingerprint density at radius 3 is 0.843 bits per heavy atom. The second-order valence-corrected chi connectivity index (χ2v) is 20.7. The summed E-state index contributed by atoms with van der Waals surface area (Å²) in [6, 6.07) is 32.9. The van der Waals surface area contributed by atoms with Crippen molar-refractivity contribution in [2.45, 2.75) is 226 Å². The molecule has 0 saturated carbocycles. The first kappa shape index (κ1) is 73.8. The van der Waals surface area contributed by atoms with E-state index in [9.17, 15) is 0 Å². The van der Waals surface area contributed by atoms with E-state index in [1.54, 1.807) is 37.2 Å². The van der Waals surface area contributed by atoms with Crippen LogP contribution in [-0.4, -0.2) is 35.1 Å². The molecule has 4 heterocycles. The molecule has 4 aromatic heterocycles. The average molecular weight is 963 g/mol. The minimum atomic E-state index is 0.0707. The van der Waals surface area contributed by atoms with Crippen LogP contribution in [0.25, 0.3) is 0 Å². The normalized spacial score (nSPS) is 10.3. The van der Waals surface area contributed by atoms with Crippen molar-refractivity contribution in [2.75, 3.05) is 0 Å². The zero-order valence-electron chi connectivity index (χ0n) is 50.4. The lowest BCUT2D eigenvalue weighted by Gasteiger charge is -2.18. The lowest BCUT2D eigenvalue weighted by Crippen LogP contribution is -2.14. The van der Waals surface area contributed by atoms with E-state index in [2.05, 4.69) is 226 Å². The van der Waals surface area contributed by atoms with Crippen molar-refractivity contribution in [2.24, 2.45) is 0 Å². The summed E-state index contributed by atoms with van der Waals surface area (Å²) in [5.74, 6) is 0.898. The van der Waals surface area contributed by atoms with Gasteiger partial charge in [0.2, 0.25) is 0 Å². The molecule has 6 rings (SSSR count). The molecule has 0 atom stereocenters. The molecule has 394 valence electrons. The molecule has 70 heavy (non-hydrogen) atoms. The van der Waals surface area contributed by atoms with Gasteiger partial charge in [0.05, 0.1) is 11.4 Å². The Bertz CT molecular complexity index is 1560. The zero-order valence-corrected chi connectivity index (χ0v) is 50.4. The van der Waals surface area contributed by atoms with Crippen molar-refractivity contribution in [1.82, 2.24) is 35.1 Å². The molecule has 0 amide bonds. The Morgan fingerprint density at radius 2 is 0.629 bits per heavy atom. The number of pyridine rings is 1. The fraction of sp³-hybridized carbons (Fsp3) is 0.540. The van der Waals surface area contributed by atoms with E-state index in [0.717, 1.165) is 22.9 Å². The Kier molecular flexibility index (Phi) is 42.7. The Morgan fingerprint density at radius 1 is 0.271 bits per heavy atom. The molecular formula is C63H107N7. The number of rotatable bonds is 0. The minimum Gasteiger partial charge on any atom is -0.261 e. The molecule has 0 saturated heterocycles. The van der Waals surface area contributed by atoms with Gasteiger partial charge in [-0.3, -0.25) is 15.0 Å². The SMILES string of the molecule is CC.CC.CC.CC.CC.CC(C)(C)c1ccccc1.CC(C)(C)c1ccccc1.CC(C)(C)c1ccccn1.CC(C)(C)c1cccnn1.CC(C)(C)c1cnccn1.CC(C)(C)c1ncccn1. The predicted molar refractivity (Wildman–Crippen MR) is 312 cm³/mol. The quantitative estimate of drug-likeness (QED) is 0.150. The first-order valence-electron chi connectivity index (χ1n) is 26.0. The largest absolute Gasteiger partial charge is 0.261 e. The molecule has 0 fully saturated rings. The third kappa shape index (κ3) is 38.7. The Balaban J connectivity index is -0.000000233. The number of nitrogens with zero attached hydrogens (tertiary/aromatic N) is 7. The van der Waals surface area contributed by atoms with E-state index < -0.39 is 0 Å². The van der Waals surface area contributed by atoms with Crippen LogP contribution in [0.1, 0.15) is 228 Å². The zero-order chi connectivity index (χ0) is 55.7. The van der Waals surface area contributed by atoms with Gasteiger partial charge in [-0.1, -0.05) is 261 Å². The molecule has 0 unspecified atom stereocenters. The van der Waals surface area contributed by atoms with Gasteiger partial charge in [0.15, 0.2) is 0 Å². The van der Waals surface area contributed by atoms with Crippen molar-refractivity contribution >= 4 is 0 Å². The fourth-order valence-electron chi connectivity index (χ4n) is 4.76. The van der Waals surface area contributed by atoms with Crippen LogP contribution in [0.4, 0.5) is 0 Å². The molecule has 0 radical (unpaired) electrons. The molecule has 0 aliphatic carbocycles. The van der Waals surface area contributed by atoms with Gasteiger partial charge in [0.1, 0.15) is 5.82 Å². The third-order valence-corrected chi connectivity index (χ3v) is 8.62. The second-order valence-electron chi connectivity index (χ2n) is 20.7. The minimum absolute atomic E-state index is 0.0707. The molecule has 0 N–H and O–H groups in total. The van der Waals surface area contributed by atoms with Gasteiger partial charge in [0, 0.05) is 70.7 Å². The molecule has 0 aliphatic heterocycles. The molecular weight excluding hydrogens is 855 g/mol. The highest BCUT2D eigenvalue weighted by Crippen LogP contribution is 2.23. The van der Waals surface area contributed by atoms with Gasteiger partial charge in [-0.2, -0.15) is 10.2 Å². The molecule has 7 heteroatoms. The second kappa shape index (κ2) is 40.5. The Hall–Kier alpha value is -5.17. The molecule has 0 aliphatic rings. The molecule has 7 nitrogen and oxygen atoms in total. The van der Waals surface area contributed by atoms with Crippen LogP contribution in [0.2, 0.25) is 0 Å². The average Bonchev–Trinajstić information content (AvgIpc) is 3.36. The summed E-state index contributed by atoms with van der Waals surface area (Å²) >= 11 is 0. The summed E-state index contributed by atoms with van der Waals surface area (Å²) in [6.45, 7) is 58.9. The standard InChI is InChI=1S/2C10H14.C9H13N.3C8H12N2.5C2H6/c2*1-10(2,3)9-7-5-4-6-8-9;1-9(2,3)8-6-4-5-7-10-8;1-8(2,3)7-6-9-4-5-10-7;1-8(2,3)7-9-5-4-6-10-7;1-8(2,3)7-5-4-6-9-10-7;5*1-2/h2*4-8H,1-3H3;4-7H,1-3H3;3*4-6H,1-3H3;5*1-2H3. The predicted octanol–water partition coefficient (Wildman–Crippen LogP) is 18.8. The summed E-state index contributed by atoms with van der Waals surface area (Å²) in [5.41, 5.74) is 7.10. The van der Waals surface area contributed by atoms with E-state index in [-0.39, 0.29) is 21.7 Å². The molecule has 2 aromatic carbocycles. The maximum absolute atomic E-state index is 4.25. The van der Waals surface area contributed by atoms with Gasteiger partial charge < -0.3 is 0 Å². The van der Waals surface area contributed by atoms with Gasteiger partial charge in [-0.15, -0.1) is 0 Å². The first-order valence-corrected chi connectivity index (χ1v) is 26.0. The summed E-state index contributed by atoms with van der Waals surface area (Å²) in [7, 11) is 0. The maximum atomic E-state index is 4.25. The fourth-order valence-corrected chi connectivity index (χ4v) is 4.76. The summed E-state index contributed by atoms with van der Waals surface area (Å²) < 4.78 is 0. The van der Waals surface area contributed by atoms with Crippen LogP contribution >= 0.6 is 0 Å². The van der Waals surface area contributed by atoms with Crippen LogP contribution in [0.5, 0.6) is 0 Å². The number of aromatic nitrogens is 7. The highest BCUT2D eigenvalue weighted by molar-refractivity contribution is 5.23. The van der Waals surface area contributed by atoms with E-state index in [0.29, 0.717) is 10.8 Å². The highest BCUT2D eigenvalue weighted by atomic mass is 15.1. The van der Waals surface area contributed by atoms with E-state index >= 15 is 0 Å². The van der Waals surface area contributed by atoms with Crippen molar-refractivity contribution in [3.8, 4) is 0 Å². The topological polar surface area (TPSA) is 90.2 Å². The molecule has 0 spiro atoms. The first-order chi connectivity index (χ1) is 32.6. The monoisotopic (exact) mass is 962 g/mol. The Labute approximate surface area is 434 Å². The van der Waals surface area contributed by atoms with Crippen molar-refractivity contribution in [1.29, 1.82) is 0 Å². The van der Waals surface area contributed by atoms with Crippen LogP contribution in [0.15, 0.2) is 140 Å². The summed E-state index contributed by atoms with van der Waals surface area (Å²) in [6.07, 6.45) is 12.3. The van der Waals surface area contributed by atoms with E-state index in [4.69, 9.17) is 0 Å². The van der Waals surface area contributed by atoms with Crippen molar-refractivity contribution in [3.05, 3.63) is 174 Å². The van der Waals surface area contributed by atoms with Gasteiger partial charge in [-0.05, 0) is 52.3 Å². The van der Waals surface area contributed by atoms with Gasteiger partial charge >= 0.3 is 0 Å². The smallest absolute Gasteiger partial charge is 0.133 e. The van der Waals surface area contributed by atoms with Gasteiger partial charge in [0.25, 0.3) is 0 Å². The number of hydrogen-bond acceptors (Lipinski definition) is 7. The van der Waals surface area contributed by atoms with Crippen LogP contribution in [0.3, 0.4) is 0 Å². The van der Waals surface area contributed by atoms with Crippen molar-refractivity contribution < 1.29 is 0 Å². The summed E-state index contributed by atoms with van der Waals surface area (Å²) in [4.78, 5) is 20.7. The number of benzene rings is 2. The maximum Gasteiger partial charge on any atom is 0.133 e. The lowest BCUT2D eigenvalue weighted by molar-refractivity contribution is 0.545. The highest BCUT2D eigenvalue weighted by Gasteiger charge is 2.17.